The highest BCUT2D eigenvalue weighted by Crippen LogP contribution is 2.42. The molecule has 0 radical (unpaired) electrons. The second kappa shape index (κ2) is 14.7. The maximum absolute atomic E-state index is 5.43. The number of hydrogen-bond donors (Lipinski definition) is 0. The van der Waals surface area contributed by atoms with Crippen molar-refractivity contribution in [1.82, 2.24) is 24.1 Å². The predicted molar refractivity (Wildman–Crippen MR) is 256 cm³/mol. The van der Waals surface area contributed by atoms with Gasteiger partial charge < -0.3 is 4.57 Å². The molecule has 5 nitrogen and oxygen atoms in total. The second-order valence-electron chi connectivity index (χ2n) is 15.7. The Morgan fingerprint density at radius 1 is 0.258 bits per heavy atom. The average molecular weight is 792 g/mol. The van der Waals surface area contributed by atoms with Gasteiger partial charge in [-0.05, 0) is 69.8 Å². The van der Waals surface area contributed by atoms with E-state index in [1.807, 2.05) is 12.1 Å². The standard InChI is InChI=1S/C57H37N5/c1-4-16-38(17-5-1)41-30-32-46(33-31-41)61-51-28-12-10-26-47(51)49-34-35-50-48-27-11-13-29-52(48)62(54(50)53(49)61)57-59-55(44-24-14-22-42(36-44)39-18-6-2-7-19-39)58-56(60-57)45-25-15-23-43(37-45)40-20-8-3-9-21-40/h1-37H. The van der Waals surface area contributed by atoms with E-state index in [4.69, 9.17) is 15.0 Å². The van der Waals surface area contributed by atoms with Crippen LogP contribution in [-0.4, -0.2) is 24.1 Å². The first-order valence-electron chi connectivity index (χ1n) is 20.9. The summed E-state index contributed by atoms with van der Waals surface area (Å²) in [6, 6.07) is 79.2. The number of nitrogens with zero attached hydrogens (tertiary/aromatic N) is 5. The van der Waals surface area contributed by atoms with Gasteiger partial charge in [0.1, 0.15) is 0 Å². The lowest BCUT2D eigenvalue weighted by molar-refractivity contribution is 0.953. The van der Waals surface area contributed by atoms with Crippen LogP contribution in [0.25, 0.3) is 111 Å². The summed E-state index contributed by atoms with van der Waals surface area (Å²) in [6.45, 7) is 0. The zero-order chi connectivity index (χ0) is 41.0. The van der Waals surface area contributed by atoms with Crippen molar-refractivity contribution >= 4 is 43.6 Å². The van der Waals surface area contributed by atoms with Crippen LogP contribution in [0.2, 0.25) is 0 Å². The topological polar surface area (TPSA) is 48.5 Å². The number of benzene rings is 9. The van der Waals surface area contributed by atoms with Gasteiger partial charge in [-0.2, -0.15) is 9.97 Å². The molecule has 0 N–H and O–H groups in total. The number of rotatable bonds is 7. The van der Waals surface area contributed by atoms with Crippen molar-refractivity contribution in [1.29, 1.82) is 0 Å². The highest BCUT2D eigenvalue weighted by molar-refractivity contribution is 6.23. The maximum atomic E-state index is 5.43. The normalized spacial score (nSPS) is 11.5. The van der Waals surface area contributed by atoms with Crippen molar-refractivity contribution in [2.75, 3.05) is 0 Å². The number of para-hydroxylation sites is 2. The Labute approximate surface area is 358 Å². The van der Waals surface area contributed by atoms with Crippen LogP contribution in [0, 0.1) is 0 Å². The van der Waals surface area contributed by atoms with E-state index in [1.165, 1.54) is 16.5 Å². The van der Waals surface area contributed by atoms with Gasteiger partial charge in [0.25, 0.3) is 0 Å². The van der Waals surface area contributed by atoms with Gasteiger partial charge in [0, 0.05) is 38.4 Å². The van der Waals surface area contributed by atoms with Crippen molar-refractivity contribution in [2.45, 2.75) is 0 Å². The summed E-state index contributed by atoms with van der Waals surface area (Å²) in [5.41, 5.74) is 14.0. The molecule has 3 aromatic heterocycles. The van der Waals surface area contributed by atoms with Crippen molar-refractivity contribution < 1.29 is 0 Å². The summed E-state index contributed by atoms with van der Waals surface area (Å²) in [6.07, 6.45) is 0. The monoisotopic (exact) mass is 791 g/mol. The summed E-state index contributed by atoms with van der Waals surface area (Å²) in [4.78, 5) is 16.1. The molecule has 0 aliphatic carbocycles. The van der Waals surface area contributed by atoms with Crippen molar-refractivity contribution in [3.63, 3.8) is 0 Å². The molecular formula is C57H37N5. The third kappa shape index (κ3) is 5.98. The van der Waals surface area contributed by atoms with Crippen LogP contribution in [-0.2, 0) is 0 Å². The molecule has 290 valence electrons. The molecule has 0 amide bonds. The van der Waals surface area contributed by atoms with Gasteiger partial charge in [-0.3, -0.25) is 4.57 Å². The average Bonchev–Trinajstić information content (AvgIpc) is 3.88. The zero-order valence-electron chi connectivity index (χ0n) is 33.6. The summed E-state index contributed by atoms with van der Waals surface area (Å²) >= 11 is 0. The van der Waals surface area contributed by atoms with Gasteiger partial charge in [-0.25, -0.2) is 4.98 Å². The molecule has 0 aliphatic heterocycles. The van der Waals surface area contributed by atoms with E-state index in [9.17, 15) is 0 Å². The first-order valence-corrected chi connectivity index (χ1v) is 20.9. The number of hydrogen-bond acceptors (Lipinski definition) is 3. The fourth-order valence-electron chi connectivity index (χ4n) is 9.07. The van der Waals surface area contributed by atoms with E-state index in [0.29, 0.717) is 17.6 Å². The molecule has 0 fully saturated rings. The molecule has 0 unspecified atom stereocenters. The zero-order valence-corrected chi connectivity index (χ0v) is 33.6. The van der Waals surface area contributed by atoms with Crippen molar-refractivity contribution in [2.24, 2.45) is 0 Å². The highest BCUT2D eigenvalue weighted by Gasteiger charge is 2.24. The Kier molecular flexibility index (Phi) is 8.42. The minimum Gasteiger partial charge on any atom is -0.307 e. The summed E-state index contributed by atoms with van der Waals surface area (Å²) < 4.78 is 4.67. The van der Waals surface area contributed by atoms with Crippen molar-refractivity contribution in [3.05, 3.63) is 224 Å². The molecule has 12 rings (SSSR count). The van der Waals surface area contributed by atoms with Crippen LogP contribution in [0.4, 0.5) is 0 Å². The predicted octanol–water partition coefficient (Wildman–Crippen LogP) is 14.4. The molecule has 0 atom stereocenters. The number of aromatic nitrogens is 5. The molecule has 5 heteroatoms. The Balaban J connectivity index is 1.15. The molecule has 0 spiro atoms. The first-order chi connectivity index (χ1) is 30.7. The summed E-state index contributed by atoms with van der Waals surface area (Å²) in [5.74, 6) is 1.75. The molecule has 0 saturated heterocycles. The van der Waals surface area contributed by atoms with Crippen LogP contribution in [0.3, 0.4) is 0 Å². The van der Waals surface area contributed by atoms with Crippen LogP contribution < -0.4 is 0 Å². The van der Waals surface area contributed by atoms with Gasteiger partial charge in [0.05, 0.1) is 22.1 Å². The summed E-state index contributed by atoms with van der Waals surface area (Å²) in [5, 5.41) is 4.59. The molecule has 0 aliphatic rings. The minimum absolute atomic E-state index is 0.551. The van der Waals surface area contributed by atoms with Crippen LogP contribution >= 0.6 is 0 Å². The Morgan fingerprint density at radius 3 is 1.16 bits per heavy atom. The minimum atomic E-state index is 0.551. The molecule has 3 heterocycles. The smallest absolute Gasteiger partial charge is 0.238 e. The lowest BCUT2D eigenvalue weighted by Gasteiger charge is -2.14. The fraction of sp³-hybridized carbons (Fsp3) is 0. The SMILES string of the molecule is c1ccc(-c2ccc(-n3c4ccccc4c4ccc5c6ccccc6n(-c6nc(-c7cccc(-c8ccccc8)c7)nc(-c7cccc(-c8ccccc8)c7)n6)c5c43)cc2)cc1. The van der Waals surface area contributed by atoms with E-state index in [2.05, 4.69) is 221 Å². The van der Waals surface area contributed by atoms with Gasteiger partial charge >= 0.3 is 0 Å². The van der Waals surface area contributed by atoms with Gasteiger partial charge in [-0.15, -0.1) is 0 Å². The quantitative estimate of drug-likeness (QED) is 0.162. The fourth-order valence-corrected chi connectivity index (χ4v) is 9.07. The van der Waals surface area contributed by atoms with Gasteiger partial charge in [0.2, 0.25) is 5.95 Å². The Morgan fingerprint density at radius 2 is 0.645 bits per heavy atom. The van der Waals surface area contributed by atoms with Crippen LogP contribution in [0.1, 0.15) is 0 Å². The Hall–Kier alpha value is -8.41. The van der Waals surface area contributed by atoms with Gasteiger partial charge in [-0.1, -0.05) is 188 Å². The lowest BCUT2D eigenvalue weighted by atomic mass is 10.0. The first kappa shape index (κ1) is 35.5. The third-order valence-corrected chi connectivity index (χ3v) is 12.0. The van der Waals surface area contributed by atoms with E-state index in [-0.39, 0.29) is 0 Å². The second-order valence-corrected chi connectivity index (χ2v) is 15.7. The molecule has 0 saturated carbocycles. The molecule has 9 aromatic carbocycles. The van der Waals surface area contributed by atoms with E-state index < -0.39 is 0 Å². The summed E-state index contributed by atoms with van der Waals surface area (Å²) in [7, 11) is 0. The molecule has 12 aromatic rings. The van der Waals surface area contributed by atoms with Crippen LogP contribution in [0.15, 0.2) is 224 Å². The van der Waals surface area contributed by atoms with Crippen LogP contribution in [0.5, 0.6) is 0 Å². The number of fused-ring (bicyclic) bond motifs is 7. The maximum Gasteiger partial charge on any atom is 0.238 e. The third-order valence-electron chi connectivity index (χ3n) is 12.0. The van der Waals surface area contributed by atoms with Crippen molar-refractivity contribution in [3.8, 4) is 67.8 Å². The Bertz CT molecular complexity index is 3510. The van der Waals surface area contributed by atoms with Gasteiger partial charge in [0.15, 0.2) is 11.6 Å². The molecule has 0 bridgehead atoms. The van der Waals surface area contributed by atoms with E-state index in [0.717, 1.165) is 77.3 Å². The largest absolute Gasteiger partial charge is 0.307 e. The lowest BCUT2D eigenvalue weighted by Crippen LogP contribution is -2.07. The highest BCUT2D eigenvalue weighted by atomic mass is 15.2. The van der Waals surface area contributed by atoms with E-state index in [1.54, 1.807) is 0 Å². The molecular weight excluding hydrogens is 755 g/mol. The van der Waals surface area contributed by atoms with E-state index >= 15 is 0 Å². The molecule has 62 heavy (non-hydrogen) atoms.